The average Bonchev–Trinajstić information content (AvgIpc) is 2.77. The van der Waals surface area contributed by atoms with Crippen molar-refractivity contribution in [3.05, 3.63) is 95.1 Å². The zero-order valence-electron chi connectivity index (χ0n) is 16.5. The van der Waals surface area contributed by atoms with Gasteiger partial charge in [0, 0.05) is 11.1 Å². The monoisotopic (exact) mass is 419 g/mol. The Morgan fingerprint density at radius 3 is 2.03 bits per heavy atom. The van der Waals surface area contributed by atoms with Gasteiger partial charge in [-0.15, -0.1) is 0 Å². The molecule has 31 heavy (non-hydrogen) atoms. The Labute approximate surface area is 178 Å². The van der Waals surface area contributed by atoms with Gasteiger partial charge < -0.3 is 16.6 Å². The number of nitrogens with two attached hydrogens (primary N) is 2. The quantitative estimate of drug-likeness (QED) is 0.482. The molecule has 0 unspecified atom stereocenters. The third-order valence-electron chi connectivity index (χ3n) is 4.60. The van der Waals surface area contributed by atoms with Gasteiger partial charge in [-0.25, -0.2) is 9.59 Å². The van der Waals surface area contributed by atoms with E-state index in [1.807, 2.05) is 30.3 Å². The van der Waals surface area contributed by atoms with Crippen LogP contribution in [0.2, 0.25) is 0 Å². The summed E-state index contributed by atoms with van der Waals surface area (Å²) in [6, 6.07) is 19.6. The number of primary amides is 2. The standard InChI is InChI=1S/C23H21N3O5/c24-21(27)18-7-4-8-19(22(28)29)20(18)17-11-9-15(10-12-17)13-26(23(25)30)31-14-16-5-2-1-3-6-16/h1-12H,13-14H2,(H2,24,27)(H2,25,30)(H,28,29). The van der Waals surface area contributed by atoms with Crippen molar-refractivity contribution in [1.29, 1.82) is 0 Å². The second kappa shape index (κ2) is 9.55. The number of carboxylic acid groups (broad SMARTS) is 1. The molecule has 0 aromatic heterocycles. The number of hydrogen-bond donors (Lipinski definition) is 3. The van der Waals surface area contributed by atoms with Crippen LogP contribution in [0.1, 0.15) is 31.8 Å². The van der Waals surface area contributed by atoms with Gasteiger partial charge in [0.05, 0.1) is 12.1 Å². The van der Waals surface area contributed by atoms with Crippen molar-refractivity contribution in [2.24, 2.45) is 11.5 Å². The first-order chi connectivity index (χ1) is 14.9. The van der Waals surface area contributed by atoms with Crippen LogP contribution in [-0.4, -0.2) is 28.1 Å². The van der Waals surface area contributed by atoms with Crippen molar-refractivity contribution in [2.75, 3.05) is 0 Å². The minimum absolute atomic E-state index is 0.0333. The minimum atomic E-state index is -1.17. The maximum absolute atomic E-state index is 11.8. The van der Waals surface area contributed by atoms with E-state index in [2.05, 4.69) is 0 Å². The first kappa shape index (κ1) is 21.5. The number of urea groups is 1. The van der Waals surface area contributed by atoms with Gasteiger partial charge in [-0.3, -0.25) is 9.63 Å². The van der Waals surface area contributed by atoms with Gasteiger partial charge in [0.15, 0.2) is 0 Å². The van der Waals surface area contributed by atoms with Crippen LogP contribution >= 0.6 is 0 Å². The lowest BCUT2D eigenvalue weighted by molar-refractivity contribution is -0.132. The highest BCUT2D eigenvalue weighted by Gasteiger charge is 2.19. The SMILES string of the molecule is NC(=O)c1cccc(C(=O)O)c1-c1ccc(CN(OCc2ccccc2)C(N)=O)cc1. The Bertz CT molecular complexity index is 1070. The molecule has 8 nitrogen and oxygen atoms in total. The Hall–Kier alpha value is -4.17. The molecule has 3 aromatic carbocycles. The number of rotatable bonds is 8. The van der Waals surface area contributed by atoms with E-state index in [0.717, 1.165) is 10.6 Å². The van der Waals surface area contributed by atoms with Crippen LogP contribution < -0.4 is 11.5 Å². The molecular formula is C23H21N3O5. The Kier molecular flexibility index (Phi) is 6.64. The molecule has 3 amide bonds. The molecule has 0 saturated heterocycles. The summed E-state index contributed by atoms with van der Waals surface area (Å²) in [5, 5.41) is 10.5. The molecule has 8 heteroatoms. The van der Waals surface area contributed by atoms with E-state index in [1.54, 1.807) is 24.3 Å². The normalized spacial score (nSPS) is 10.5. The third kappa shape index (κ3) is 5.26. The first-order valence-corrected chi connectivity index (χ1v) is 9.36. The van der Waals surface area contributed by atoms with Gasteiger partial charge in [-0.2, -0.15) is 5.06 Å². The van der Waals surface area contributed by atoms with Gasteiger partial charge in [0.2, 0.25) is 5.91 Å². The number of carbonyl (C=O) groups excluding carboxylic acids is 2. The lowest BCUT2D eigenvalue weighted by atomic mass is 9.93. The largest absolute Gasteiger partial charge is 0.478 e. The summed E-state index contributed by atoms with van der Waals surface area (Å²) >= 11 is 0. The molecule has 158 valence electrons. The fraction of sp³-hybridized carbons (Fsp3) is 0.0870. The first-order valence-electron chi connectivity index (χ1n) is 9.36. The van der Waals surface area contributed by atoms with Crippen LogP contribution in [0.25, 0.3) is 11.1 Å². The number of benzene rings is 3. The van der Waals surface area contributed by atoms with Crippen molar-refractivity contribution in [3.8, 4) is 11.1 Å². The Balaban J connectivity index is 1.82. The fourth-order valence-electron chi connectivity index (χ4n) is 3.10. The van der Waals surface area contributed by atoms with E-state index in [-0.39, 0.29) is 29.8 Å². The molecule has 0 radical (unpaired) electrons. The zero-order chi connectivity index (χ0) is 22.4. The van der Waals surface area contributed by atoms with E-state index >= 15 is 0 Å². The number of hydroxylamine groups is 2. The summed E-state index contributed by atoms with van der Waals surface area (Å²) in [7, 11) is 0. The summed E-state index contributed by atoms with van der Waals surface area (Å²) < 4.78 is 0. The zero-order valence-corrected chi connectivity index (χ0v) is 16.5. The van der Waals surface area contributed by atoms with E-state index in [4.69, 9.17) is 16.3 Å². The van der Waals surface area contributed by atoms with Crippen LogP contribution in [0.4, 0.5) is 4.79 Å². The van der Waals surface area contributed by atoms with E-state index < -0.39 is 17.9 Å². The highest BCUT2D eigenvalue weighted by atomic mass is 16.7. The second-order valence-corrected chi connectivity index (χ2v) is 6.73. The number of nitrogens with zero attached hydrogens (tertiary/aromatic N) is 1. The van der Waals surface area contributed by atoms with Gasteiger partial charge in [0.1, 0.15) is 6.61 Å². The second-order valence-electron chi connectivity index (χ2n) is 6.73. The molecule has 0 heterocycles. The molecule has 0 spiro atoms. The minimum Gasteiger partial charge on any atom is -0.478 e. The highest BCUT2D eigenvalue weighted by molar-refractivity contribution is 6.06. The maximum Gasteiger partial charge on any atom is 0.339 e. The average molecular weight is 419 g/mol. The van der Waals surface area contributed by atoms with E-state index in [1.165, 1.54) is 18.2 Å². The predicted molar refractivity (Wildman–Crippen MR) is 114 cm³/mol. The van der Waals surface area contributed by atoms with Gasteiger partial charge in [-0.1, -0.05) is 60.7 Å². The molecule has 0 saturated carbocycles. The van der Waals surface area contributed by atoms with Crippen LogP contribution in [0.15, 0.2) is 72.8 Å². The van der Waals surface area contributed by atoms with Crippen molar-refractivity contribution < 1.29 is 24.3 Å². The van der Waals surface area contributed by atoms with Gasteiger partial charge >= 0.3 is 12.0 Å². The molecule has 0 aliphatic rings. The number of carbonyl (C=O) groups is 3. The topological polar surface area (TPSA) is 136 Å². The third-order valence-corrected chi connectivity index (χ3v) is 4.60. The number of amides is 3. The summed E-state index contributed by atoms with van der Waals surface area (Å²) in [6.45, 7) is 0.265. The van der Waals surface area contributed by atoms with Gasteiger partial charge in [-0.05, 0) is 28.8 Å². The van der Waals surface area contributed by atoms with Gasteiger partial charge in [0.25, 0.3) is 0 Å². The summed E-state index contributed by atoms with van der Waals surface area (Å²) in [4.78, 5) is 40.7. The van der Waals surface area contributed by atoms with Crippen LogP contribution in [-0.2, 0) is 18.0 Å². The predicted octanol–water partition coefficient (Wildman–Crippen LogP) is 3.16. The van der Waals surface area contributed by atoms with E-state index in [0.29, 0.717) is 11.1 Å². The molecule has 0 fully saturated rings. The van der Waals surface area contributed by atoms with Crippen LogP contribution in [0.3, 0.4) is 0 Å². The van der Waals surface area contributed by atoms with Crippen molar-refractivity contribution in [3.63, 3.8) is 0 Å². The summed E-state index contributed by atoms with van der Waals surface area (Å²) in [5.74, 6) is -1.90. The lowest BCUT2D eigenvalue weighted by Crippen LogP contribution is -2.35. The number of carboxylic acids is 1. The summed E-state index contributed by atoms with van der Waals surface area (Å²) in [5.41, 5.74) is 13.2. The molecule has 0 atom stereocenters. The number of hydrogen-bond acceptors (Lipinski definition) is 4. The van der Waals surface area contributed by atoms with E-state index in [9.17, 15) is 19.5 Å². The van der Waals surface area contributed by atoms with Crippen LogP contribution in [0, 0.1) is 0 Å². The summed E-state index contributed by atoms with van der Waals surface area (Å²) in [6.07, 6.45) is 0. The molecule has 3 aromatic rings. The molecule has 3 rings (SSSR count). The molecule has 0 aliphatic heterocycles. The molecule has 0 bridgehead atoms. The van der Waals surface area contributed by atoms with Crippen molar-refractivity contribution in [1.82, 2.24) is 5.06 Å². The highest BCUT2D eigenvalue weighted by Crippen LogP contribution is 2.28. The van der Waals surface area contributed by atoms with Crippen molar-refractivity contribution in [2.45, 2.75) is 13.2 Å². The maximum atomic E-state index is 11.8. The van der Waals surface area contributed by atoms with Crippen LogP contribution in [0.5, 0.6) is 0 Å². The molecule has 5 N–H and O–H groups in total. The Morgan fingerprint density at radius 1 is 0.806 bits per heavy atom. The van der Waals surface area contributed by atoms with Crippen molar-refractivity contribution >= 4 is 17.9 Å². The smallest absolute Gasteiger partial charge is 0.339 e. The molecular weight excluding hydrogens is 398 g/mol. The lowest BCUT2D eigenvalue weighted by Gasteiger charge is -2.20. The fourth-order valence-corrected chi connectivity index (χ4v) is 3.10. The Morgan fingerprint density at radius 2 is 1.45 bits per heavy atom. The number of aromatic carboxylic acids is 1. The molecule has 0 aliphatic carbocycles.